The second-order valence-electron chi connectivity index (χ2n) is 11.7. The quantitative estimate of drug-likeness (QED) is 0.674. The van der Waals surface area contributed by atoms with Crippen LogP contribution >= 0.6 is 0 Å². The van der Waals surface area contributed by atoms with E-state index in [0.29, 0.717) is 17.9 Å². The molecule has 2 saturated carbocycles. The lowest BCUT2D eigenvalue weighted by Crippen LogP contribution is -2.87. The third-order valence-electron chi connectivity index (χ3n) is 10.1. The van der Waals surface area contributed by atoms with Gasteiger partial charge in [0.1, 0.15) is 11.7 Å². The van der Waals surface area contributed by atoms with Crippen LogP contribution in [0.1, 0.15) is 43.2 Å². The Morgan fingerprint density at radius 3 is 2.78 bits per heavy atom. The van der Waals surface area contributed by atoms with E-state index in [1.807, 2.05) is 36.4 Å². The molecule has 3 saturated heterocycles. The van der Waals surface area contributed by atoms with E-state index >= 15 is 0 Å². The Bertz CT molecular complexity index is 1260. The Morgan fingerprint density at radius 1 is 1.17 bits per heavy atom. The zero-order valence-electron chi connectivity index (χ0n) is 20.5. The van der Waals surface area contributed by atoms with E-state index in [2.05, 4.69) is 16.3 Å². The Balaban J connectivity index is 1.28. The average molecular weight is 489 g/mol. The smallest absolute Gasteiger partial charge is 0.256 e. The largest absolute Gasteiger partial charge is 0.493 e. The normalized spacial score (nSPS) is 39.3. The van der Waals surface area contributed by atoms with E-state index in [0.717, 1.165) is 49.6 Å². The van der Waals surface area contributed by atoms with Crippen molar-refractivity contribution in [1.82, 2.24) is 4.90 Å². The number of hydrogen-bond donors (Lipinski definition) is 2. The molecule has 7 aliphatic rings. The number of methoxy groups -OCH3 is 1. The first-order valence-electron chi connectivity index (χ1n) is 13.4. The Hall–Kier alpha value is -2.61. The van der Waals surface area contributed by atoms with Crippen LogP contribution in [0.4, 0.5) is 5.69 Å². The molecule has 5 fully saturated rings. The van der Waals surface area contributed by atoms with E-state index in [4.69, 9.17) is 14.2 Å². The van der Waals surface area contributed by atoms with Crippen LogP contribution in [0.15, 0.2) is 42.5 Å². The molecule has 4 bridgehead atoms. The molecule has 0 radical (unpaired) electrons. The van der Waals surface area contributed by atoms with Gasteiger partial charge in [0.05, 0.1) is 18.1 Å². The second kappa shape index (κ2) is 7.03. The van der Waals surface area contributed by atoms with Crippen molar-refractivity contribution in [2.24, 2.45) is 5.92 Å². The number of para-hydroxylation sites is 1. The number of ether oxygens (including phenoxy) is 3. The summed E-state index contributed by atoms with van der Waals surface area (Å²) >= 11 is 0. The lowest BCUT2D eigenvalue weighted by molar-refractivity contribution is -0.344. The van der Waals surface area contributed by atoms with E-state index in [9.17, 15) is 9.90 Å². The van der Waals surface area contributed by atoms with Crippen LogP contribution in [0.5, 0.6) is 11.5 Å². The van der Waals surface area contributed by atoms with E-state index < -0.39 is 28.8 Å². The second-order valence-corrected chi connectivity index (χ2v) is 11.7. The van der Waals surface area contributed by atoms with Crippen molar-refractivity contribution in [2.45, 2.75) is 73.4 Å². The highest BCUT2D eigenvalue weighted by Gasteiger charge is 2.82. The maximum Gasteiger partial charge on any atom is 0.256 e. The number of hydrogen-bond acceptors (Lipinski definition) is 6. The number of carbonyl (C=O) groups excluding carboxylic acids is 1. The van der Waals surface area contributed by atoms with Gasteiger partial charge in [-0.1, -0.05) is 24.3 Å². The maximum atomic E-state index is 13.7. The molecular weight excluding hydrogens is 456 g/mol. The number of carbonyl (C=O) groups is 1. The van der Waals surface area contributed by atoms with E-state index in [-0.39, 0.29) is 11.9 Å². The van der Waals surface area contributed by atoms with Crippen LogP contribution in [0.2, 0.25) is 0 Å². The lowest BCUT2D eigenvalue weighted by atomic mass is 9.44. The van der Waals surface area contributed by atoms with Crippen LogP contribution in [0, 0.1) is 5.92 Å². The van der Waals surface area contributed by atoms with Crippen molar-refractivity contribution in [2.75, 3.05) is 25.5 Å². The van der Waals surface area contributed by atoms with Gasteiger partial charge in [-0.15, -0.1) is 0 Å². The van der Waals surface area contributed by atoms with Crippen LogP contribution in [-0.4, -0.2) is 65.6 Å². The van der Waals surface area contributed by atoms with Gasteiger partial charge in [0.2, 0.25) is 0 Å². The Morgan fingerprint density at radius 2 is 2.00 bits per heavy atom. The molecule has 4 aliphatic heterocycles. The van der Waals surface area contributed by atoms with Crippen LogP contribution in [0.3, 0.4) is 0 Å². The monoisotopic (exact) mass is 488 g/mol. The first kappa shape index (κ1) is 21.5. The highest BCUT2D eigenvalue weighted by atomic mass is 16.6. The fraction of sp³-hybridized carbons (Fsp3) is 0.552. The van der Waals surface area contributed by atoms with Crippen LogP contribution in [0.25, 0.3) is 0 Å². The summed E-state index contributed by atoms with van der Waals surface area (Å²) in [5, 5.41) is 15.3. The van der Waals surface area contributed by atoms with Gasteiger partial charge < -0.3 is 24.6 Å². The number of rotatable bonds is 5. The number of nitrogens with zero attached hydrogens (tertiary/aromatic N) is 1. The van der Waals surface area contributed by atoms with Crippen molar-refractivity contribution < 1.29 is 24.1 Å². The molecule has 6 unspecified atom stereocenters. The van der Waals surface area contributed by atoms with Crippen LogP contribution in [-0.2, 0) is 21.4 Å². The molecule has 6 atom stereocenters. The topological polar surface area (TPSA) is 80.3 Å². The molecular formula is C29H32N2O5. The van der Waals surface area contributed by atoms with Crippen molar-refractivity contribution in [1.29, 1.82) is 0 Å². The molecule has 2 aromatic carbocycles. The summed E-state index contributed by atoms with van der Waals surface area (Å²) in [6, 6.07) is 13.7. The Labute approximate surface area is 210 Å². The number of aliphatic hydroxyl groups is 1. The number of amides is 1. The van der Waals surface area contributed by atoms with E-state index in [1.165, 1.54) is 18.4 Å². The highest BCUT2D eigenvalue weighted by Crippen LogP contribution is 2.71. The molecule has 1 amide bonds. The highest BCUT2D eigenvalue weighted by molar-refractivity contribution is 5.95. The van der Waals surface area contributed by atoms with Gasteiger partial charge >= 0.3 is 0 Å². The number of anilines is 1. The SMILES string of the molecule is COc1ccc2c3c1OC1C4(O)CCC5(OC4C(=O)Nc4ccccc4)C(C2)N(CC2CC2)CCC315. The molecule has 188 valence electrons. The lowest BCUT2D eigenvalue weighted by Gasteiger charge is -2.72. The van der Waals surface area contributed by atoms with Gasteiger partial charge in [0, 0.05) is 23.8 Å². The number of nitrogens with one attached hydrogen (secondary N) is 1. The summed E-state index contributed by atoms with van der Waals surface area (Å²) in [7, 11) is 1.66. The van der Waals surface area contributed by atoms with Crippen molar-refractivity contribution in [3.8, 4) is 11.5 Å². The van der Waals surface area contributed by atoms with Crippen molar-refractivity contribution >= 4 is 11.6 Å². The molecule has 9 rings (SSSR count). The summed E-state index contributed by atoms with van der Waals surface area (Å²) in [5.41, 5.74) is 0.637. The molecule has 7 nitrogen and oxygen atoms in total. The molecule has 0 aromatic heterocycles. The Kier molecular flexibility index (Phi) is 4.19. The van der Waals surface area contributed by atoms with Gasteiger partial charge in [-0.3, -0.25) is 9.69 Å². The minimum atomic E-state index is -1.43. The third kappa shape index (κ3) is 2.47. The van der Waals surface area contributed by atoms with Crippen LogP contribution < -0.4 is 14.8 Å². The average Bonchev–Trinajstić information content (AvgIpc) is 3.63. The first-order valence-corrected chi connectivity index (χ1v) is 13.4. The summed E-state index contributed by atoms with van der Waals surface area (Å²) in [4.78, 5) is 16.3. The summed E-state index contributed by atoms with van der Waals surface area (Å²) in [5.74, 6) is 1.90. The maximum absolute atomic E-state index is 13.7. The predicted octanol–water partition coefficient (Wildman–Crippen LogP) is 3.04. The van der Waals surface area contributed by atoms with Gasteiger partial charge in [-0.25, -0.2) is 0 Å². The van der Waals surface area contributed by atoms with Gasteiger partial charge in [-0.2, -0.15) is 0 Å². The minimum absolute atomic E-state index is 0.154. The number of piperidine rings is 1. The van der Waals surface area contributed by atoms with Gasteiger partial charge in [0.25, 0.3) is 5.91 Å². The minimum Gasteiger partial charge on any atom is -0.493 e. The molecule has 7 heteroatoms. The third-order valence-corrected chi connectivity index (χ3v) is 10.1. The molecule has 4 heterocycles. The first-order chi connectivity index (χ1) is 17.5. The number of fused-ring (bicyclic) bond motifs is 2. The summed E-state index contributed by atoms with van der Waals surface area (Å²) in [6.45, 7) is 2.04. The van der Waals surface area contributed by atoms with Gasteiger partial charge in [0.15, 0.2) is 17.6 Å². The molecule has 2 N–H and O–H groups in total. The predicted molar refractivity (Wildman–Crippen MR) is 132 cm³/mol. The zero-order valence-corrected chi connectivity index (χ0v) is 20.5. The number of benzene rings is 2. The van der Waals surface area contributed by atoms with Crippen molar-refractivity contribution in [3.05, 3.63) is 53.6 Å². The summed E-state index contributed by atoms with van der Waals surface area (Å²) < 4.78 is 19.5. The number of likely N-dealkylation sites (tertiary alicyclic amines) is 1. The molecule has 2 spiro atoms. The standard InChI is InChI=1S/C29H32N2O5/c1-34-20-10-9-18-15-21-29-12-11-28(33,24(36-29)25(32)30-19-5-3-2-4-6-19)26-27(29,22(18)23(20)35-26)13-14-31(21)16-17-7-8-17/h2-6,9-10,17,21,24,26,33H,7-8,11-16H2,1H3,(H,30,32). The zero-order chi connectivity index (χ0) is 24.3. The van der Waals surface area contributed by atoms with Gasteiger partial charge in [-0.05, 0) is 74.8 Å². The molecule has 2 aromatic rings. The van der Waals surface area contributed by atoms with E-state index in [1.54, 1.807) is 7.11 Å². The molecule has 3 aliphatic carbocycles. The fourth-order valence-electron chi connectivity index (χ4n) is 8.48. The fourth-order valence-corrected chi connectivity index (χ4v) is 8.48. The molecule has 36 heavy (non-hydrogen) atoms. The summed E-state index contributed by atoms with van der Waals surface area (Å²) in [6.07, 6.45) is 3.96. The van der Waals surface area contributed by atoms with Crippen molar-refractivity contribution in [3.63, 3.8) is 0 Å².